The number of hydrogen-bond acceptors (Lipinski definition) is 4. The lowest BCUT2D eigenvalue weighted by Gasteiger charge is -2.28. The Morgan fingerprint density at radius 1 is 1.10 bits per heavy atom. The van der Waals surface area contributed by atoms with E-state index in [9.17, 15) is 4.79 Å². The molecule has 1 amide bonds. The number of nitrogens with one attached hydrogen (secondary N) is 2. The molecule has 2 N–H and O–H groups in total. The highest BCUT2D eigenvalue weighted by Crippen LogP contribution is 2.28. The quantitative estimate of drug-likeness (QED) is 0.557. The van der Waals surface area contributed by atoms with Crippen molar-refractivity contribution in [1.29, 1.82) is 0 Å². The van der Waals surface area contributed by atoms with Gasteiger partial charge in [-0.25, -0.2) is 0 Å². The fourth-order valence-corrected chi connectivity index (χ4v) is 5.63. The predicted molar refractivity (Wildman–Crippen MR) is 126 cm³/mol. The minimum absolute atomic E-state index is 0.271. The van der Waals surface area contributed by atoms with E-state index in [0.29, 0.717) is 5.91 Å². The van der Waals surface area contributed by atoms with Gasteiger partial charge in [0.25, 0.3) is 0 Å². The molecule has 2 heterocycles. The summed E-state index contributed by atoms with van der Waals surface area (Å²) in [7, 11) is 1.81. The van der Waals surface area contributed by atoms with E-state index >= 15 is 0 Å². The molecule has 3 aliphatic rings. The zero-order valence-electron chi connectivity index (χ0n) is 18.1. The van der Waals surface area contributed by atoms with Crippen molar-refractivity contribution in [2.24, 2.45) is 10.9 Å². The lowest BCUT2D eigenvalue weighted by molar-refractivity contribution is -0.134. The number of carbonyl (C=O) groups excluding carboxylic acids is 1. The van der Waals surface area contributed by atoms with E-state index in [-0.39, 0.29) is 12.0 Å². The highest BCUT2D eigenvalue weighted by molar-refractivity contribution is 7.99. The van der Waals surface area contributed by atoms with Gasteiger partial charge in [-0.05, 0) is 37.0 Å². The lowest BCUT2D eigenvalue weighted by Crippen LogP contribution is -2.45. The molecule has 164 valence electrons. The van der Waals surface area contributed by atoms with Crippen molar-refractivity contribution in [1.82, 2.24) is 15.5 Å². The third-order valence-electron chi connectivity index (χ3n) is 6.54. The second-order valence-corrected chi connectivity index (χ2v) is 9.81. The average molecular weight is 430 g/mol. The normalized spacial score (nSPS) is 23.1. The van der Waals surface area contributed by atoms with E-state index in [4.69, 9.17) is 0 Å². The number of rotatable bonds is 5. The van der Waals surface area contributed by atoms with Crippen molar-refractivity contribution in [3.8, 4) is 0 Å². The Labute approximate surface area is 184 Å². The van der Waals surface area contributed by atoms with Gasteiger partial charge in [-0.2, -0.15) is 11.8 Å². The summed E-state index contributed by atoms with van der Waals surface area (Å²) in [6.45, 7) is 4.67. The number of guanidine groups is 1. The molecule has 1 aromatic rings. The van der Waals surface area contributed by atoms with E-state index in [1.165, 1.54) is 35.6 Å². The van der Waals surface area contributed by atoms with Crippen LogP contribution in [0.4, 0.5) is 5.69 Å². The number of carbonyl (C=O) groups is 1. The van der Waals surface area contributed by atoms with Crippen LogP contribution >= 0.6 is 11.8 Å². The highest BCUT2D eigenvalue weighted by Gasteiger charge is 2.32. The van der Waals surface area contributed by atoms with Crippen LogP contribution in [0.5, 0.6) is 0 Å². The van der Waals surface area contributed by atoms with Gasteiger partial charge in [-0.3, -0.25) is 9.79 Å². The summed E-state index contributed by atoms with van der Waals surface area (Å²) < 4.78 is 0. The SMILES string of the molecule is CN=C(NCc1ccc(N2CCSCC2)cc1)NC1CCN(C(=O)C2CCCC2)C1. The number of benzene rings is 1. The van der Waals surface area contributed by atoms with E-state index in [1.807, 2.05) is 18.8 Å². The summed E-state index contributed by atoms with van der Waals surface area (Å²) in [6, 6.07) is 9.14. The van der Waals surface area contributed by atoms with Crippen LogP contribution in [0.15, 0.2) is 29.3 Å². The largest absolute Gasteiger partial charge is 0.370 e. The molecule has 0 radical (unpaired) electrons. The summed E-state index contributed by atoms with van der Waals surface area (Å²) in [4.78, 5) is 21.6. The molecule has 0 aromatic heterocycles. The fraction of sp³-hybridized carbons (Fsp3) is 0.652. The smallest absolute Gasteiger partial charge is 0.225 e. The molecule has 4 rings (SSSR count). The Morgan fingerprint density at radius 3 is 2.53 bits per heavy atom. The number of nitrogens with zero attached hydrogens (tertiary/aromatic N) is 3. The van der Waals surface area contributed by atoms with Gasteiger partial charge in [-0.15, -0.1) is 0 Å². The molecular weight excluding hydrogens is 394 g/mol. The van der Waals surface area contributed by atoms with Crippen LogP contribution in [0.3, 0.4) is 0 Å². The topological polar surface area (TPSA) is 60.0 Å². The molecule has 6 nitrogen and oxygen atoms in total. The Bertz CT molecular complexity index is 726. The van der Waals surface area contributed by atoms with Crippen LogP contribution in [0.25, 0.3) is 0 Å². The van der Waals surface area contributed by atoms with Crippen molar-refractivity contribution < 1.29 is 4.79 Å². The Hall–Kier alpha value is -1.89. The van der Waals surface area contributed by atoms with Crippen LogP contribution in [-0.2, 0) is 11.3 Å². The first-order valence-corrected chi connectivity index (χ1v) is 12.6. The third-order valence-corrected chi connectivity index (χ3v) is 7.48. The van der Waals surface area contributed by atoms with E-state index < -0.39 is 0 Å². The molecule has 2 saturated heterocycles. The van der Waals surface area contributed by atoms with Crippen LogP contribution in [0.1, 0.15) is 37.7 Å². The van der Waals surface area contributed by atoms with Crippen molar-refractivity contribution >= 4 is 29.3 Å². The fourth-order valence-electron chi connectivity index (χ4n) is 4.73. The molecule has 1 unspecified atom stereocenters. The summed E-state index contributed by atoms with van der Waals surface area (Å²) in [5, 5.41) is 6.94. The number of aliphatic imine (C=N–C) groups is 1. The van der Waals surface area contributed by atoms with Crippen molar-refractivity contribution in [2.45, 2.75) is 44.7 Å². The van der Waals surface area contributed by atoms with Gasteiger partial charge in [0.1, 0.15) is 0 Å². The number of thioether (sulfide) groups is 1. The second-order valence-electron chi connectivity index (χ2n) is 8.59. The van der Waals surface area contributed by atoms with Crippen molar-refractivity contribution in [2.75, 3.05) is 49.6 Å². The molecule has 1 atom stereocenters. The summed E-state index contributed by atoms with van der Waals surface area (Å²) in [6.07, 6.45) is 5.56. The number of amides is 1. The first-order valence-electron chi connectivity index (χ1n) is 11.4. The molecule has 1 aromatic carbocycles. The Kier molecular flexibility index (Phi) is 7.42. The predicted octanol–water partition coefficient (Wildman–Crippen LogP) is 2.70. The van der Waals surface area contributed by atoms with E-state index in [1.54, 1.807) is 0 Å². The monoisotopic (exact) mass is 429 g/mol. The maximum absolute atomic E-state index is 12.6. The van der Waals surface area contributed by atoms with Gasteiger partial charge < -0.3 is 20.4 Å². The molecule has 1 saturated carbocycles. The number of anilines is 1. The van der Waals surface area contributed by atoms with Crippen LogP contribution in [0.2, 0.25) is 0 Å². The summed E-state index contributed by atoms with van der Waals surface area (Å²) >= 11 is 2.04. The summed E-state index contributed by atoms with van der Waals surface area (Å²) in [5.41, 5.74) is 2.57. The molecule has 3 fully saturated rings. The van der Waals surface area contributed by atoms with Gasteiger partial charge in [0.05, 0.1) is 0 Å². The Balaban J connectivity index is 1.22. The number of likely N-dealkylation sites (tertiary alicyclic amines) is 1. The molecule has 1 aliphatic carbocycles. The average Bonchev–Trinajstić information content (AvgIpc) is 3.50. The van der Waals surface area contributed by atoms with Gasteiger partial charge in [0.15, 0.2) is 5.96 Å². The first-order chi connectivity index (χ1) is 14.7. The number of hydrogen-bond donors (Lipinski definition) is 2. The second kappa shape index (κ2) is 10.4. The van der Waals surface area contributed by atoms with Gasteiger partial charge >= 0.3 is 0 Å². The molecule has 30 heavy (non-hydrogen) atoms. The molecule has 0 spiro atoms. The zero-order valence-corrected chi connectivity index (χ0v) is 18.9. The van der Waals surface area contributed by atoms with Gasteiger partial charge in [0.2, 0.25) is 5.91 Å². The zero-order chi connectivity index (χ0) is 20.8. The third kappa shape index (κ3) is 5.42. The molecular formula is C23H35N5OS. The molecule has 2 aliphatic heterocycles. The van der Waals surface area contributed by atoms with E-state index in [0.717, 1.165) is 57.9 Å². The van der Waals surface area contributed by atoms with Crippen LogP contribution in [-0.4, -0.2) is 67.5 Å². The Morgan fingerprint density at radius 2 is 1.83 bits per heavy atom. The van der Waals surface area contributed by atoms with E-state index in [2.05, 4.69) is 49.7 Å². The molecule has 0 bridgehead atoms. The highest BCUT2D eigenvalue weighted by atomic mass is 32.2. The summed E-state index contributed by atoms with van der Waals surface area (Å²) in [5.74, 6) is 3.89. The molecule has 7 heteroatoms. The lowest BCUT2D eigenvalue weighted by atomic mass is 10.1. The van der Waals surface area contributed by atoms with Gasteiger partial charge in [0, 0.05) is 68.9 Å². The maximum Gasteiger partial charge on any atom is 0.225 e. The van der Waals surface area contributed by atoms with Crippen molar-refractivity contribution in [3.63, 3.8) is 0 Å². The van der Waals surface area contributed by atoms with Crippen LogP contribution in [0, 0.1) is 5.92 Å². The minimum atomic E-state index is 0.271. The van der Waals surface area contributed by atoms with Crippen LogP contribution < -0.4 is 15.5 Å². The standard InChI is InChI=1S/C23H35N5OS/c1-24-23(26-20-10-11-28(17-20)22(29)19-4-2-3-5-19)25-16-18-6-8-21(9-7-18)27-12-14-30-15-13-27/h6-9,19-20H,2-5,10-17H2,1H3,(H2,24,25,26). The minimum Gasteiger partial charge on any atom is -0.370 e. The van der Waals surface area contributed by atoms with Crippen molar-refractivity contribution in [3.05, 3.63) is 29.8 Å². The van der Waals surface area contributed by atoms with Gasteiger partial charge in [-0.1, -0.05) is 25.0 Å². The maximum atomic E-state index is 12.6. The first kappa shape index (κ1) is 21.3.